The van der Waals surface area contributed by atoms with Gasteiger partial charge in [0.1, 0.15) is 6.54 Å². The Kier molecular flexibility index (Phi) is 3.94. The highest BCUT2D eigenvalue weighted by molar-refractivity contribution is 5.76. The maximum atomic E-state index is 12.3. The van der Waals surface area contributed by atoms with Gasteiger partial charge in [-0.3, -0.25) is 19.4 Å². The first-order valence-corrected chi connectivity index (χ1v) is 7.25. The summed E-state index contributed by atoms with van der Waals surface area (Å²) >= 11 is 0. The SMILES string of the molecule is Cc1cnn(CC(=O)N2CCC(c3cnccn3)CC2)c1. The van der Waals surface area contributed by atoms with E-state index in [-0.39, 0.29) is 5.91 Å². The van der Waals surface area contributed by atoms with Crippen molar-refractivity contribution in [2.45, 2.75) is 32.2 Å². The fraction of sp³-hybridized carbons (Fsp3) is 0.467. The molecule has 0 aromatic carbocycles. The Balaban J connectivity index is 1.54. The van der Waals surface area contributed by atoms with Crippen molar-refractivity contribution in [3.63, 3.8) is 0 Å². The molecule has 1 fully saturated rings. The Hall–Kier alpha value is -2.24. The van der Waals surface area contributed by atoms with Gasteiger partial charge < -0.3 is 4.90 Å². The van der Waals surface area contributed by atoms with E-state index in [1.54, 1.807) is 23.3 Å². The predicted molar refractivity (Wildman–Crippen MR) is 77.6 cm³/mol. The average Bonchev–Trinajstić information content (AvgIpc) is 2.93. The summed E-state index contributed by atoms with van der Waals surface area (Å²) in [6.45, 7) is 3.85. The number of nitrogens with zero attached hydrogens (tertiary/aromatic N) is 5. The second kappa shape index (κ2) is 6.03. The number of aromatic nitrogens is 4. The summed E-state index contributed by atoms with van der Waals surface area (Å²) in [6, 6.07) is 0. The Bertz CT molecular complexity index is 602. The Morgan fingerprint density at radius 2 is 2.10 bits per heavy atom. The molecule has 1 saturated heterocycles. The van der Waals surface area contributed by atoms with E-state index >= 15 is 0 Å². The van der Waals surface area contributed by atoms with Gasteiger partial charge in [0.25, 0.3) is 0 Å². The summed E-state index contributed by atoms with van der Waals surface area (Å²) in [4.78, 5) is 22.7. The van der Waals surface area contributed by atoms with Gasteiger partial charge in [0.2, 0.25) is 5.91 Å². The molecule has 6 nitrogen and oxygen atoms in total. The van der Waals surface area contributed by atoms with Crippen molar-refractivity contribution in [2.24, 2.45) is 0 Å². The summed E-state index contributed by atoms with van der Waals surface area (Å²) in [6.07, 6.45) is 10.8. The molecule has 1 amide bonds. The van der Waals surface area contributed by atoms with E-state index in [9.17, 15) is 4.79 Å². The topological polar surface area (TPSA) is 63.9 Å². The number of hydrogen-bond donors (Lipinski definition) is 0. The third-order valence-electron chi connectivity index (χ3n) is 3.91. The van der Waals surface area contributed by atoms with Crippen molar-refractivity contribution >= 4 is 5.91 Å². The number of hydrogen-bond acceptors (Lipinski definition) is 4. The van der Waals surface area contributed by atoms with Crippen LogP contribution in [0.4, 0.5) is 0 Å². The largest absolute Gasteiger partial charge is 0.341 e. The fourth-order valence-electron chi connectivity index (χ4n) is 2.74. The minimum atomic E-state index is 0.135. The van der Waals surface area contributed by atoms with E-state index < -0.39 is 0 Å². The summed E-state index contributed by atoms with van der Waals surface area (Å²) in [7, 11) is 0. The number of amides is 1. The lowest BCUT2D eigenvalue weighted by atomic mass is 9.94. The van der Waals surface area contributed by atoms with Crippen molar-refractivity contribution < 1.29 is 4.79 Å². The monoisotopic (exact) mass is 285 g/mol. The molecule has 1 aliphatic rings. The van der Waals surface area contributed by atoms with Crippen LogP contribution in [0.15, 0.2) is 31.0 Å². The lowest BCUT2D eigenvalue weighted by Gasteiger charge is -2.31. The van der Waals surface area contributed by atoms with E-state index in [4.69, 9.17) is 0 Å². The quantitative estimate of drug-likeness (QED) is 0.855. The zero-order valence-electron chi connectivity index (χ0n) is 12.1. The van der Waals surface area contributed by atoms with Gasteiger partial charge in [0.15, 0.2) is 0 Å². The Morgan fingerprint density at radius 3 is 2.71 bits per heavy atom. The molecule has 2 aromatic heterocycles. The number of piperidine rings is 1. The molecule has 0 aliphatic carbocycles. The van der Waals surface area contributed by atoms with Gasteiger partial charge in [-0.25, -0.2) is 0 Å². The first-order chi connectivity index (χ1) is 10.2. The van der Waals surface area contributed by atoms with Gasteiger partial charge in [-0.15, -0.1) is 0 Å². The molecule has 110 valence electrons. The van der Waals surface area contributed by atoms with Crippen LogP contribution in [0.1, 0.15) is 30.0 Å². The lowest BCUT2D eigenvalue weighted by Crippen LogP contribution is -2.40. The normalized spacial score (nSPS) is 16.1. The van der Waals surface area contributed by atoms with E-state index in [1.807, 2.05) is 24.2 Å². The lowest BCUT2D eigenvalue weighted by molar-refractivity contribution is -0.133. The molecule has 2 aromatic rings. The minimum Gasteiger partial charge on any atom is -0.341 e. The van der Waals surface area contributed by atoms with E-state index in [1.165, 1.54) is 0 Å². The maximum absolute atomic E-state index is 12.3. The van der Waals surface area contributed by atoms with Crippen LogP contribution in [-0.2, 0) is 11.3 Å². The molecule has 21 heavy (non-hydrogen) atoms. The molecule has 0 saturated carbocycles. The average molecular weight is 285 g/mol. The first kappa shape index (κ1) is 13.7. The Labute approximate surface area is 123 Å². The minimum absolute atomic E-state index is 0.135. The summed E-state index contributed by atoms with van der Waals surface area (Å²) < 4.78 is 1.70. The molecule has 6 heteroatoms. The smallest absolute Gasteiger partial charge is 0.244 e. The van der Waals surface area contributed by atoms with E-state index in [0.29, 0.717) is 12.5 Å². The number of carbonyl (C=O) groups is 1. The molecule has 3 rings (SSSR count). The molecular weight excluding hydrogens is 266 g/mol. The zero-order valence-corrected chi connectivity index (χ0v) is 12.1. The van der Waals surface area contributed by atoms with Crippen molar-refractivity contribution in [1.29, 1.82) is 0 Å². The van der Waals surface area contributed by atoms with Crippen LogP contribution in [0.25, 0.3) is 0 Å². The highest BCUT2D eigenvalue weighted by Gasteiger charge is 2.24. The van der Waals surface area contributed by atoms with Crippen LogP contribution in [-0.4, -0.2) is 43.6 Å². The van der Waals surface area contributed by atoms with Gasteiger partial charge in [0, 0.05) is 43.8 Å². The van der Waals surface area contributed by atoms with Gasteiger partial charge in [-0.05, 0) is 25.3 Å². The molecule has 3 heterocycles. The molecule has 0 spiro atoms. The van der Waals surface area contributed by atoms with Crippen LogP contribution < -0.4 is 0 Å². The van der Waals surface area contributed by atoms with E-state index in [0.717, 1.165) is 37.2 Å². The maximum Gasteiger partial charge on any atom is 0.244 e. The fourth-order valence-corrected chi connectivity index (χ4v) is 2.74. The molecule has 0 radical (unpaired) electrons. The number of likely N-dealkylation sites (tertiary alicyclic amines) is 1. The second-order valence-corrected chi connectivity index (χ2v) is 5.50. The number of carbonyl (C=O) groups excluding carboxylic acids is 1. The zero-order chi connectivity index (χ0) is 14.7. The summed E-state index contributed by atoms with van der Waals surface area (Å²) in [5.74, 6) is 0.547. The van der Waals surface area contributed by atoms with Crippen molar-refractivity contribution in [1.82, 2.24) is 24.6 Å². The number of aryl methyl sites for hydroxylation is 1. The first-order valence-electron chi connectivity index (χ1n) is 7.25. The van der Waals surface area contributed by atoms with Crippen molar-refractivity contribution in [3.8, 4) is 0 Å². The van der Waals surface area contributed by atoms with Gasteiger partial charge >= 0.3 is 0 Å². The summed E-state index contributed by atoms with van der Waals surface area (Å²) in [5, 5.41) is 4.16. The van der Waals surface area contributed by atoms with Crippen molar-refractivity contribution in [3.05, 3.63) is 42.2 Å². The third kappa shape index (κ3) is 3.26. The van der Waals surface area contributed by atoms with Gasteiger partial charge in [0.05, 0.1) is 11.9 Å². The van der Waals surface area contributed by atoms with Gasteiger partial charge in [-0.1, -0.05) is 0 Å². The third-order valence-corrected chi connectivity index (χ3v) is 3.91. The highest BCUT2D eigenvalue weighted by Crippen LogP contribution is 2.25. The molecule has 0 bridgehead atoms. The Morgan fingerprint density at radius 1 is 1.29 bits per heavy atom. The molecule has 0 N–H and O–H groups in total. The van der Waals surface area contributed by atoms with Crippen LogP contribution in [0.3, 0.4) is 0 Å². The van der Waals surface area contributed by atoms with Crippen molar-refractivity contribution in [2.75, 3.05) is 13.1 Å². The van der Waals surface area contributed by atoms with Crippen LogP contribution in [0, 0.1) is 6.92 Å². The molecular formula is C15H19N5O. The molecule has 0 unspecified atom stereocenters. The number of rotatable bonds is 3. The van der Waals surface area contributed by atoms with Crippen LogP contribution >= 0.6 is 0 Å². The molecule has 1 aliphatic heterocycles. The second-order valence-electron chi connectivity index (χ2n) is 5.50. The van der Waals surface area contributed by atoms with Crippen LogP contribution in [0.5, 0.6) is 0 Å². The van der Waals surface area contributed by atoms with Crippen LogP contribution in [0.2, 0.25) is 0 Å². The predicted octanol–water partition coefficient (Wildman–Crippen LogP) is 1.39. The standard InChI is InChI=1S/C15H19N5O/c1-12-8-18-20(10-12)11-15(21)19-6-2-13(3-7-19)14-9-16-4-5-17-14/h4-5,8-10,13H,2-3,6-7,11H2,1H3. The highest BCUT2D eigenvalue weighted by atomic mass is 16.2. The molecule has 0 atom stereocenters. The van der Waals surface area contributed by atoms with E-state index in [2.05, 4.69) is 15.1 Å². The van der Waals surface area contributed by atoms with Gasteiger partial charge in [-0.2, -0.15) is 5.10 Å². The summed E-state index contributed by atoms with van der Waals surface area (Å²) in [5.41, 5.74) is 2.11.